The molecule has 0 aliphatic rings. The van der Waals surface area contributed by atoms with Crippen molar-refractivity contribution >= 4 is 35.8 Å². The van der Waals surface area contributed by atoms with Gasteiger partial charge in [0, 0.05) is 12.5 Å². The molecule has 9 N–H and O–H groups in total. The standard InChI is InChI=1S/C34H59NO15/c1-5-6-9-20(3)32(50-31(44)17-23(34(47)48)15-29(41)42)27(49-30(43)16-22(33(45)46)14-28(39)40)13-19(2)12-24(36)10-7-8-11-25(37)18-26(38)21(4)35/h19-27,32,36-38H,5-18,35H2,1-4H3,(H,39,40)(H,41,42)(H,45,46)(H,47,48)/t19-,20+,21-,22-,23+,24+,25+,26-,27-,32+/m1/s1. The number of carboxylic acid groups (broad SMARTS) is 4. The number of aliphatic carboxylic acids is 4. The van der Waals surface area contributed by atoms with Crippen LogP contribution in [0, 0.1) is 23.7 Å². The normalized spacial score (nSPS) is 17.5. The number of carbonyl (C=O) groups excluding carboxylic acids is 2. The average molecular weight is 722 g/mol. The van der Waals surface area contributed by atoms with Crippen molar-refractivity contribution < 1.29 is 74.0 Å². The van der Waals surface area contributed by atoms with Gasteiger partial charge in [-0.05, 0) is 50.9 Å². The van der Waals surface area contributed by atoms with Crippen molar-refractivity contribution in [2.45, 2.75) is 154 Å². The van der Waals surface area contributed by atoms with Crippen molar-refractivity contribution in [3.05, 3.63) is 0 Å². The van der Waals surface area contributed by atoms with E-state index < -0.39 is 116 Å². The molecule has 10 atom stereocenters. The molecule has 0 radical (unpaired) electrons. The molecule has 0 heterocycles. The Labute approximate surface area is 293 Å². The van der Waals surface area contributed by atoms with Gasteiger partial charge in [0.05, 0.1) is 55.8 Å². The largest absolute Gasteiger partial charge is 0.481 e. The minimum atomic E-state index is -1.59. The molecule has 0 fully saturated rings. The molecule has 0 unspecified atom stereocenters. The number of aliphatic hydroxyl groups is 3. The quantitative estimate of drug-likeness (QED) is 0.0407. The molecule has 290 valence electrons. The molecule has 0 saturated heterocycles. The van der Waals surface area contributed by atoms with Crippen LogP contribution in [0.25, 0.3) is 0 Å². The van der Waals surface area contributed by atoms with E-state index in [4.69, 9.17) is 25.4 Å². The number of aliphatic hydroxyl groups excluding tert-OH is 3. The summed E-state index contributed by atoms with van der Waals surface area (Å²) in [6.07, 6.45) is -3.74. The highest BCUT2D eigenvalue weighted by Gasteiger charge is 2.37. The molecule has 0 aliphatic carbocycles. The maximum absolute atomic E-state index is 13.0. The number of hydrogen-bond acceptors (Lipinski definition) is 12. The van der Waals surface area contributed by atoms with Gasteiger partial charge >= 0.3 is 35.8 Å². The molecule has 0 aromatic heterocycles. The van der Waals surface area contributed by atoms with Crippen molar-refractivity contribution in [1.29, 1.82) is 0 Å². The number of rotatable bonds is 29. The van der Waals surface area contributed by atoms with Crippen LogP contribution in [0.1, 0.15) is 118 Å². The van der Waals surface area contributed by atoms with E-state index in [1.54, 1.807) is 20.8 Å². The SMILES string of the molecule is CCCC[C@H](C)[C@H](OC(=O)C[C@H](CC(=O)O)C(=O)O)[C@@H](C[C@H](C)C[C@@H](O)CCCC[C@H](O)C[C@@H](O)[C@@H](C)N)OC(=O)C[C@@H](CC(=O)O)C(=O)O. The van der Waals surface area contributed by atoms with E-state index in [2.05, 4.69) is 0 Å². The molecule has 0 bridgehead atoms. The summed E-state index contributed by atoms with van der Waals surface area (Å²) in [6.45, 7) is 7.06. The van der Waals surface area contributed by atoms with Crippen LogP contribution in [0.4, 0.5) is 0 Å². The molecular formula is C34H59NO15. The van der Waals surface area contributed by atoms with Gasteiger partial charge in [0.25, 0.3) is 0 Å². The topological polar surface area (TPSA) is 289 Å². The van der Waals surface area contributed by atoms with E-state index in [1.165, 1.54) is 0 Å². The van der Waals surface area contributed by atoms with Gasteiger partial charge < -0.3 is 51.0 Å². The minimum Gasteiger partial charge on any atom is -0.481 e. The summed E-state index contributed by atoms with van der Waals surface area (Å²) in [7, 11) is 0. The molecular weight excluding hydrogens is 662 g/mol. The zero-order chi connectivity index (χ0) is 38.6. The number of hydrogen-bond donors (Lipinski definition) is 8. The fraction of sp³-hybridized carbons (Fsp3) is 0.824. The van der Waals surface area contributed by atoms with Crippen molar-refractivity contribution in [3.8, 4) is 0 Å². The summed E-state index contributed by atoms with van der Waals surface area (Å²) in [6, 6.07) is -0.476. The second-order valence-electron chi connectivity index (χ2n) is 13.6. The number of ether oxygens (including phenoxy) is 2. The number of esters is 2. The summed E-state index contributed by atoms with van der Waals surface area (Å²) in [5.41, 5.74) is 5.63. The Morgan fingerprint density at radius 3 is 1.50 bits per heavy atom. The Morgan fingerprint density at radius 1 is 0.620 bits per heavy atom. The second-order valence-corrected chi connectivity index (χ2v) is 13.6. The van der Waals surface area contributed by atoms with Crippen LogP contribution in [0.5, 0.6) is 0 Å². The van der Waals surface area contributed by atoms with E-state index in [0.29, 0.717) is 38.5 Å². The molecule has 0 saturated carbocycles. The van der Waals surface area contributed by atoms with Crippen molar-refractivity contribution in [2.24, 2.45) is 29.4 Å². The van der Waals surface area contributed by atoms with Crippen LogP contribution in [-0.4, -0.2) is 108 Å². The Bertz CT molecular complexity index is 1070. The fourth-order valence-electron chi connectivity index (χ4n) is 5.68. The highest BCUT2D eigenvalue weighted by atomic mass is 16.6. The Hall–Kier alpha value is -3.34. The summed E-state index contributed by atoms with van der Waals surface area (Å²) < 4.78 is 11.4. The summed E-state index contributed by atoms with van der Waals surface area (Å²) in [5.74, 6) is -12.0. The van der Waals surface area contributed by atoms with Crippen LogP contribution in [0.3, 0.4) is 0 Å². The molecule has 16 nitrogen and oxygen atoms in total. The van der Waals surface area contributed by atoms with Crippen LogP contribution < -0.4 is 5.73 Å². The fourth-order valence-corrected chi connectivity index (χ4v) is 5.68. The lowest BCUT2D eigenvalue weighted by Gasteiger charge is -2.33. The highest BCUT2D eigenvalue weighted by Crippen LogP contribution is 2.29. The molecule has 0 amide bonds. The average Bonchev–Trinajstić information content (AvgIpc) is 2.99. The predicted molar refractivity (Wildman–Crippen MR) is 178 cm³/mol. The zero-order valence-electron chi connectivity index (χ0n) is 29.6. The third kappa shape index (κ3) is 21.0. The van der Waals surface area contributed by atoms with Gasteiger partial charge in [0.1, 0.15) is 12.2 Å². The van der Waals surface area contributed by atoms with E-state index in [1.807, 2.05) is 6.92 Å². The van der Waals surface area contributed by atoms with Gasteiger partial charge in [-0.25, -0.2) is 0 Å². The van der Waals surface area contributed by atoms with Gasteiger partial charge in [0.15, 0.2) is 0 Å². The van der Waals surface area contributed by atoms with Crippen LogP contribution >= 0.6 is 0 Å². The number of nitrogens with two attached hydrogens (primary N) is 1. The maximum atomic E-state index is 13.0. The predicted octanol–water partition coefficient (Wildman–Crippen LogP) is 2.56. The first-order valence-electron chi connectivity index (χ1n) is 17.3. The lowest BCUT2D eigenvalue weighted by atomic mass is 9.87. The second kappa shape index (κ2) is 24.7. The van der Waals surface area contributed by atoms with E-state index in [-0.39, 0.29) is 25.2 Å². The molecule has 0 rings (SSSR count). The van der Waals surface area contributed by atoms with Gasteiger partial charge in [-0.1, -0.05) is 46.5 Å². The van der Waals surface area contributed by atoms with Crippen molar-refractivity contribution in [3.63, 3.8) is 0 Å². The van der Waals surface area contributed by atoms with Crippen molar-refractivity contribution in [1.82, 2.24) is 0 Å². The molecule has 0 aromatic carbocycles. The minimum absolute atomic E-state index is 0.0270. The van der Waals surface area contributed by atoms with Crippen LogP contribution in [0.15, 0.2) is 0 Å². The zero-order valence-corrected chi connectivity index (χ0v) is 29.6. The number of carboxylic acids is 4. The summed E-state index contributed by atoms with van der Waals surface area (Å²) in [4.78, 5) is 71.6. The molecule has 50 heavy (non-hydrogen) atoms. The summed E-state index contributed by atoms with van der Waals surface area (Å²) in [5, 5.41) is 67.8. The maximum Gasteiger partial charge on any atom is 0.307 e. The highest BCUT2D eigenvalue weighted by molar-refractivity contribution is 5.83. The number of carbonyl (C=O) groups is 6. The van der Waals surface area contributed by atoms with Crippen LogP contribution in [0.2, 0.25) is 0 Å². The third-order valence-electron chi connectivity index (χ3n) is 8.61. The lowest BCUT2D eigenvalue weighted by Crippen LogP contribution is -2.42. The van der Waals surface area contributed by atoms with Gasteiger partial charge in [-0.2, -0.15) is 0 Å². The smallest absolute Gasteiger partial charge is 0.307 e. The first kappa shape index (κ1) is 46.7. The monoisotopic (exact) mass is 721 g/mol. The third-order valence-corrected chi connectivity index (χ3v) is 8.61. The Balaban J connectivity index is 5.98. The van der Waals surface area contributed by atoms with Crippen LogP contribution in [-0.2, 0) is 38.2 Å². The van der Waals surface area contributed by atoms with E-state index >= 15 is 0 Å². The molecule has 0 aromatic rings. The molecule has 0 spiro atoms. The first-order chi connectivity index (χ1) is 23.3. The lowest BCUT2D eigenvalue weighted by molar-refractivity contribution is -0.177. The van der Waals surface area contributed by atoms with Gasteiger partial charge in [-0.3, -0.25) is 28.8 Å². The molecule has 0 aliphatic heterocycles. The molecule has 16 heteroatoms. The summed E-state index contributed by atoms with van der Waals surface area (Å²) >= 11 is 0. The Kier molecular flexibility index (Phi) is 23.1. The van der Waals surface area contributed by atoms with E-state index in [9.17, 15) is 54.3 Å². The first-order valence-corrected chi connectivity index (χ1v) is 17.3. The van der Waals surface area contributed by atoms with Gasteiger partial charge in [-0.15, -0.1) is 0 Å². The van der Waals surface area contributed by atoms with Crippen molar-refractivity contribution in [2.75, 3.05) is 0 Å². The Morgan fingerprint density at radius 2 is 1.08 bits per heavy atom. The number of unbranched alkanes of at least 4 members (excludes halogenated alkanes) is 2. The van der Waals surface area contributed by atoms with Gasteiger partial charge in [0.2, 0.25) is 0 Å². The van der Waals surface area contributed by atoms with E-state index in [0.717, 1.165) is 6.42 Å².